The van der Waals surface area contributed by atoms with Crippen LogP contribution in [0.3, 0.4) is 0 Å². The molecule has 0 radical (unpaired) electrons. The minimum absolute atomic E-state index is 0.887. The molecule has 0 saturated heterocycles. The molecule has 0 aromatic carbocycles. The molecule has 0 amide bonds. The van der Waals surface area contributed by atoms with E-state index in [2.05, 4.69) is 26.0 Å². The average molecular weight is 186 g/mol. The molecule has 4 nitrogen and oxygen atoms in total. The highest BCUT2D eigenvalue weighted by Crippen LogP contribution is 1.98. The van der Waals surface area contributed by atoms with Crippen molar-refractivity contribution in [2.75, 3.05) is 27.2 Å². The molecule has 0 atom stereocenters. The van der Waals surface area contributed by atoms with Crippen molar-refractivity contribution < 1.29 is 0 Å². The lowest BCUT2D eigenvalue weighted by Crippen LogP contribution is -2.26. The van der Waals surface area contributed by atoms with E-state index in [0.717, 1.165) is 25.3 Å². The van der Waals surface area contributed by atoms with E-state index in [9.17, 15) is 0 Å². The van der Waals surface area contributed by atoms with Crippen LogP contribution in [0.1, 0.15) is 5.69 Å². The number of likely N-dealkylation sites (N-methyl/N-ethyl adjacent to an activating group) is 2. The fourth-order valence-electron chi connectivity index (χ4n) is 0.912. The van der Waals surface area contributed by atoms with E-state index in [-0.39, 0.29) is 0 Å². The van der Waals surface area contributed by atoms with Gasteiger partial charge in [-0.25, -0.2) is 0 Å². The maximum atomic E-state index is 4.13. The van der Waals surface area contributed by atoms with Crippen molar-refractivity contribution in [3.8, 4) is 0 Å². The average Bonchev–Trinajstić information content (AvgIpc) is 2.53. The molecule has 0 spiro atoms. The van der Waals surface area contributed by atoms with Crippen molar-refractivity contribution in [2.24, 2.45) is 0 Å². The van der Waals surface area contributed by atoms with Crippen molar-refractivity contribution >= 4 is 11.7 Å². The van der Waals surface area contributed by atoms with Crippen LogP contribution in [0, 0.1) is 0 Å². The van der Waals surface area contributed by atoms with E-state index < -0.39 is 0 Å². The predicted molar refractivity (Wildman–Crippen MR) is 50.2 cm³/mol. The van der Waals surface area contributed by atoms with Gasteiger partial charge in [0.1, 0.15) is 0 Å². The topological polar surface area (TPSA) is 41.0 Å². The minimum atomic E-state index is 0.887. The third-order valence-electron chi connectivity index (χ3n) is 1.58. The van der Waals surface area contributed by atoms with Gasteiger partial charge in [0.2, 0.25) is 0 Å². The van der Waals surface area contributed by atoms with Crippen LogP contribution in [0.25, 0.3) is 0 Å². The fourth-order valence-corrected chi connectivity index (χ4v) is 1.34. The Morgan fingerprint density at radius 1 is 1.67 bits per heavy atom. The molecule has 1 aromatic rings. The summed E-state index contributed by atoms with van der Waals surface area (Å²) in [5, 5.41) is 3.10. The Labute approximate surface area is 76.9 Å². The van der Waals surface area contributed by atoms with Crippen molar-refractivity contribution in [2.45, 2.75) is 6.54 Å². The number of aromatic nitrogens is 2. The Bertz CT molecular complexity index is 199. The summed E-state index contributed by atoms with van der Waals surface area (Å²) in [6.45, 7) is 2.93. The summed E-state index contributed by atoms with van der Waals surface area (Å²) < 4.78 is 8.08. The van der Waals surface area contributed by atoms with Gasteiger partial charge in [0.15, 0.2) is 0 Å². The molecule has 0 aliphatic heterocycles. The van der Waals surface area contributed by atoms with Crippen LogP contribution >= 0.6 is 11.7 Å². The van der Waals surface area contributed by atoms with E-state index >= 15 is 0 Å². The van der Waals surface area contributed by atoms with E-state index in [1.54, 1.807) is 0 Å². The lowest BCUT2D eigenvalue weighted by atomic mass is 10.4. The summed E-state index contributed by atoms with van der Waals surface area (Å²) >= 11 is 1.26. The van der Waals surface area contributed by atoms with Gasteiger partial charge >= 0.3 is 0 Å². The second kappa shape index (κ2) is 5.18. The maximum absolute atomic E-state index is 4.13. The first-order chi connectivity index (χ1) is 5.83. The largest absolute Gasteiger partial charge is 0.318 e. The van der Waals surface area contributed by atoms with Crippen LogP contribution in [0.15, 0.2) is 6.20 Å². The Kier molecular flexibility index (Phi) is 4.13. The molecule has 0 fully saturated rings. The Balaban J connectivity index is 2.22. The fraction of sp³-hybridized carbons (Fsp3) is 0.714. The summed E-state index contributed by atoms with van der Waals surface area (Å²) in [5.74, 6) is 0. The van der Waals surface area contributed by atoms with E-state index in [0.29, 0.717) is 0 Å². The Hall–Kier alpha value is -0.520. The lowest BCUT2D eigenvalue weighted by molar-refractivity contribution is 0.325. The van der Waals surface area contributed by atoms with Crippen LogP contribution in [0.2, 0.25) is 0 Å². The van der Waals surface area contributed by atoms with Gasteiger partial charge in [-0.1, -0.05) is 0 Å². The monoisotopic (exact) mass is 186 g/mol. The Morgan fingerprint density at radius 3 is 3.08 bits per heavy atom. The first-order valence-corrected chi connectivity index (χ1v) is 4.65. The standard InChI is InChI=1S/C7H14N4S/c1-8-3-4-11(2)6-7-5-9-12-10-7/h5,8H,3-4,6H2,1-2H3. The SMILES string of the molecule is CNCCN(C)Cc1cnsn1. The van der Waals surface area contributed by atoms with E-state index in [1.807, 2.05) is 13.2 Å². The number of rotatable bonds is 5. The summed E-state index contributed by atoms with van der Waals surface area (Å²) in [7, 11) is 4.04. The smallest absolute Gasteiger partial charge is 0.0882 e. The minimum Gasteiger partial charge on any atom is -0.318 e. The Morgan fingerprint density at radius 2 is 2.50 bits per heavy atom. The van der Waals surface area contributed by atoms with Crippen LogP contribution < -0.4 is 5.32 Å². The molecule has 1 rings (SSSR count). The van der Waals surface area contributed by atoms with Crippen LogP contribution in [0.5, 0.6) is 0 Å². The number of nitrogens with one attached hydrogen (secondary N) is 1. The van der Waals surface area contributed by atoms with Gasteiger partial charge in [0.05, 0.1) is 23.6 Å². The molecule has 5 heteroatoms. The molecule has 12 heavy (non-hydrogen) atoms. The number of hydrogen-bond donors (Lipinski definition) is 1. The highest BCUT2D eigenvalue weighted by Gasteiger charge is 2.00. The highest BCUT2D eigenvalue weighted by atomic mass is 32.1. The lowest BCUT2D eigenvalue weighted by Gasteiger charge is -2.13. The summed E-state index contributed by atoms with van der Waals surface area (Å²) in [5.41, 5.74) is 1.05. The third kappa shape index (κ3) is 3.25. The van der Waals surface area contributed by atoms with E-state index in [4.69, 9.17) is 0 Å². The van der Waals surface area contributed by atoms with Crippen molar-refractivity contribution in [1.29, 1.82) is 0 Å². The molecule has 1 aromatic heterocycles. The van der Waals surface area contributed by atoms with Gasteiger partial charge in [-0.15, -0.1) is 0 Å². The van der Waals surface area contributed by atoms with Gasteiger partial charge < -0.3 is 5.32 Å². The first kappa shape index (κ1) is 9.57. The van der Waals surface area contributed by atoms with Crippen molar-refractivity contribution in [3.63, 3.8) is 0 Å². The predicted octanol–water partition coefficient (Wildman–Crippen LogP) is 0.189. The molecule has 0 saturated carbocycles. The summed E-state index contributed by atoms with van der Waals surface area (Å²) in [6, 6.07) is 0. The number of nitrogens with zero attached hydrogens (tertiary/aromatic N) is 3. The first-order valence-electron chi connectivity index (χ1n) is 3.92. The van der Waals surface area contributed by atoms with Gasteiger partial charge in [0, 0.05) is 19.6 Å². The zero-order valence-electron chi connectivity index (χ0n) is 7.45. The van der Waals surface area contributed by atoms with Crippen molar-refractivity contribution in [3.05, 3.63) is 11.9 Å². The zero-order valence-corrected chi connectivity index (χ0v) is 8.27. The van der Waals surface area contributed by atoms with Gasteiger partial charge in [0.25, 0.3) is 0 Å². The zero-order chi connectivity index (χ0) is 8.81. The highest BCUT2D eigenvalue weighted by molar-refractivity contribution is 6.99. The van der Waals surface area contributed by atoms with Gasteiger partial charge in [-0.05, 0) is 14.1 Å². The molecular weight excluding hydrogens is 172 g/mol. The molecule has 1 N–H and O–H groups in total. The normalized spacial score (nSPS) is 10.9. The molecule has 1 heterocycles. The second-order valence-corrected chi connectivity index (χ2v) is 3.30. The molecule has 0 unspecified atom stereocenters. The van der Waals surface area contributed by atoms with Crippen LogP contribution in [0.4, 0.5) is 0 Å². The van der Waals surface area contributed by atoms with Gasteiger partial charge in [-0.2, -0.15) is 8.75 Å². The van der Waals surface area contributed by atoms with Crippen LogP contribution in [-0.2, 0) is 6.54 Å². The molecule has 0 aliphatic carbocycles. The molecular formula is C7H14N4S. The van der Waals surface area contributed by atoms with E-state index in [1.165, 1.54) is 11.7 Å². The third-order valence-corrected chi connectivity index (χ3v) is 2.10. The molecule has 0 aliphatic rings. The maximum Gasteiger partial charge on any atom is 0.0882 e. The summed E-state index contributed by atoms with van der Waals surface area (Å²) in [4.78, 5) is 2.22. The van der Waals surface area contributed by atoms with Crippen molar-refractivity contribution in [1.82, 2.24) is 19.0 Å². The number of hydrogen-bond acceptors (Lipinski definition) is 5. The van der Waals surface area contributed by atoms with Crippen LogP contribution in [-0.4, -0.2) is 40.8 Å². The quantitative estimate of drug-likeness (QED) is 0.712. The second-order valence-electron chi connectivity index (χ2n) is 2.74. The molecule has 0 bridgehead atoms. The molecule has 68 valence electrons. The summed E-state index contributed by atoms with van der Waals surface area (Å²) in [6.07, 6.45) is 1.82. The van der Waals surface area contributed by atoms with Gasteiger partial charge in [-0.3, -0.25) is 4.90 Å².